The predicted molar refractivity (Wildman–Crippen MR) is 88.2 cm³/mol. The molecule has 2 amide bonds. The molecular weight excluding hydrogens is 292 g/mol. The Bertz CT molecular complexity index is 590. The summed E-state index contributed by atoms with van der Waals surface area (Å²) in [5, 5.41) is 3.05. The molecule has 0 radical (unpaired) electrons. The topological polar surface area (TPSA) is 66.5 Å². The smallest absolute Gasteiger partial charge is 0.251 e. The number of nitrogens with one attached hydrogen (secondary N) is 1. The first-order valence-electron chi connectivity index (χ1n) is 8.11. The molecule has 0 aromatic heterocycles. The number of Topliss-reactive ketones (excluding diaryl/α,β-unsaturated/α-hetero) is 1. The van der Waals surface area contributed by atoms with Crippen molar-refractivity contribution in [2.75, 3.05) is 13.1 Å². The minimum Gasteiger partial charge on any atom is -0.349 e. The number of benzene rings is 1. The van der Waals surface area contributed by atoms with Crippen LogP contribution in [0.4, 0.5) is 0 Å². The van der Waals surface area contributed by atoms with Gasteiger partial charge in [0, 0.05) is 37.5 Å². The van der Waals surface area contributed by atoms with Crippen LogP contribution in [-0.4, -0.2) is 41.6 Å². The van der Waals surface area contributed by atoms with Crippen molar-refractivity contribution >= 4 is 17.6 Å². The molecule has 0 saturated carbocycles. The average molecular weight is 316 g/mol. The normalized spacial score (nSPS) is 15.3. The van der Waals surface area contributed by atoms with E-state index in [0.29, 0.717) is 25.1 Å². The maximum Gasteiger partial charge on any atom is 0.251 e. The third-order valence-electron chi connectivity index (χ3n) is 4.26. The van der Waals surface area contributed by atoms with E-state index in [0.717, 1.165) is 18.4 Å². The number of nitrogens with zero attached hydrogens (tertiary/aromatic N) is 1. The summed E-state index contributed by atoms with van der Waals surface area (Å²) in [6.45, 7) is 4.69. The van der Waals surface area contributed by atoms with E-state index < -0.39 is 0 Å². The molecule has 0 unspecified atom stereocenters. The first kappa shape index (κ1) is 17.2. The van der Waals surface area contributed by atoms with Gasteiger partial charge in [0.2, 0.25) is 5.91 Å². The van der Waals surface area contributed by atoms with Gasteiger partial charge < -0.3 is 15.0 Å². The van der Waals surface area contributed by atoms with Crippen LogP contribution in [0.3, 0.4) is 0 Å². The Labute approximate surface area is 137 Å². The zero-order chi connectivity index (χ0) is 16.8. The number of carbonyl (C=O) groups excluding carboxylic acids is 3. The van der Waals surface area contributed by atoms with Crippen LogP contribution in [0, 0.1) is 6.92 Å². The zero-order valence-corrected chi connectivity index (χ0v) is 13.8. The lowest BCUT2D eigenvalue weighted by Gasteiger charge is -2.32. The molecule has 1 N–H and O–H groups in total. The van der Waals surface area contributed by atoms with E-state index in [-0.39, 0.29) is 30.1 Å². The first-order chi connectivity index (χ1) is 11.0. The minimum atomic E-state index is -0.0514. The Kier molecular flexibility index (Phi) is 5.90. The maximum atomic E-state index is 12.3. The predicted octanol–water partition coefficient (Wildman–Crippen LogP) is 2.09. The quantitative estimate of drug-likeness (QED) is 0.904. The molecule has 0 bridgehead atoms. The fraction of sp³-hybridized carbons (Fsp3) is 0.500. The van der Waals surface area contributed by atoms with Gasteiger partial charge >= 0.3 is 0 Å². The van der Waals surface area contributed by atoms with Gasteiger partial charge in [0.1, 0.15) is 5.78 Å². The van der Waals surface area contributed by atoms with Crippen LogP contribution in [0.5, 0.6) is 0 Å². The van der Waals surface area contributed by atoms with Crippen LogP contribution in [-0.2, 0) is 9.59 Å². The van der Waals surface area contributed by atoms with Gasteiger partial charge in [-0.05, 0) is 38.3 Å². The second kappa shape index (κ2) is 7.90. The van der Waals surface area contributed by atoms with Crippen LogP contribution in [0.25, 0.3) is 0 Å². The summed E-state index contributed by atoms with van der Waals surface area (Å²) in [5.74, 6) is 0.0204. The molecular formula is C18H24N2O3. The van der Waals surface area contributed by atoms with Gasteiger partial charge in [0.05, 0.1) is 0 Å². The highest BCUT2D eigenvalue weighted by molar-refractivity contribution is 5.95. The van der Waals surface area contributed by atoms with Gasteiger partial charge in [-0.3, -0.25) is 9.59 Å². The number of piperidine rings is 1. The lowest BCUT2D eigenvalue weighted by molar-refractivity contribution is -0.133. The van der Waals surface area contributed by atoms with Crippen molar-refractivity contribution in [2.24, 2.45) is 0 Å². The van der Waals surface area contributed by atoms with Crippen molar-refractivity contribution in [1.29, 1.82) is 0 Å². The molecule has 1 aromatic carbocycles. The van der Waals surface area contributed by atoms with Gasteiger partial charge in [0.25, 0.3) is 5.91 Å². The largest absolute Gasteiger partial charge is 0.349 e. The van der Waals surface area contributed by atoms with Crippen LogP contribution >= 0.6 is 0 Å². The summed E-state index contributed by atoms with van der Waals surface area (Å²) >= 11 is 0. The monoisotopic (exact) mass is 316 g/mol. The van der Waals surface area contributed by atoms with E-state index in [1.165, 1.54) is 6.92 Å². The number of likely N-dealkylation sites (tertiary alicyclic amines) is 1. The number of rotatable bonds is 5. The van der Waals surface area contributed by atoms with Gasteiger partial charge in [-0.1, -0.05) is 18.2 Å². The second-order valence-corrected chi connectivity index (χ2v) is 6.15. The fourth-order valence-corrected chi connectivity index (χ4v) is 2.81. The summed E-state index contributed by atoms with van der Waals surface area (Å²) in [4.78, 5) is 37.0. The molecule has 23 heavy (non-hydrogen) atoms. The Morgan fingerprint density at radius 3 is 2.39 bits per heavy atom. The molecule has 1 aromatic rings. The van der Waals surface area contributed by atoms with E-state index in [2.05, 4.69) is 5.32 Å². The van der Waals surface area contributed by atoms with Crippen molar-refractivity contribution in [3.8, 4) is 0 Å². The fourth-order valence-electron chi connectivity index (χ4n) is 2.81. The van der Waals surface area contributed by atoms with E-state index in [9.17, 15) is 14.4 Å². The third-order valence-corrected chi connectivity index (χ3v) is 4.26. The van der Waals surface area contributed by atoms with Crippen molar-refractivity contribution in [3.63, 3.8) is 0 Å². The van der Waals surface area contributed by atoms with Crippen molar-refractivity contribution < 1.29 is 14.4 Å². The van der Waals surface area contributed by atoms with Crippen LogP contribution in [0.2, 0.25) is 0 Å². The maximum absolute atomic E-state index is 12.3. The highest BCUT2D eigenvalue weighted by Gasteiger charge is 2.24. The molecule has 5 nitrogen and oxygen atoms in total. The van der Waals surface area contributed by atoms with Gasteiger partial charge in [-0.25, -0.2) is 0 Å². The van der Waals surface area contributed by atoms with E-state index in [1.54, 1.807) is 4.90 Å². The highest BCUT2D eigenvalue weighted by Crippen LogP contribution is 2.14. The molecule has 1 fully saturated rings. The molecule has 0 atom stereocenters. The van der Waals surface area contributed by atoms with Gasteiger partial charge in [-0.2, -0.15) is 0 Å². The zero-order valence-electron chi connectivity index (χ0n) is 13.8. The highest BCUT2D eigenvalue weighted by atomic mass is 16.2. The minimum absolute atomic E-state index is 0.0314. The van der Waals surface area contributed by atoms with Gasteiger partial charge in [0.15, 0.2) is 0 Å². The second-order valence-electron chi connectivity index (χ2n) is 6.15. The number of amides is 2. The van der Waals surface area contributed by atoms with E-state index >= 15 is 0 Å². The molecule has 0 aliphatic carbocycles. The van der Waals surface area contributed by atoms with Crippen molar-refractivity contribution in [3.05, 3.63) is 35.4 Å². The summed E-state index contributed by atoms with van der Waals surface area (Å²) in [6.07, 6.45) is 2.10. The average Bonchev–Trinajstić information content (AvgIpc) is 2.53. The van der Waals surface area contributed by atoms with Crippen LogP contribution in [0.1, 0.15) is 48.5 Å². The Hall–Kier alpha value is -2.17. The van der Waals surface area contributed by atoms with Crippen molar-refractivity contribution in [2.45, 2.75) is 45.6 Å². The SMILES string of the molecule is CC(=O)CCC(=O)N1CCC(NC(=O)c2ccccc2C)CC1. The lowest BCUT2D eigenvalue weighted by atomic mass is 10.0. The molecule has 1 aliphatic heterocycles. The number of aryl methyl sites for hydroxylation is 1. The summed E-state index contributed by atoms with van der Waals surface area (Å²) in [7, 11) is 0. The number of ketones is 1. The summed E-state index contributed by atoms with van der Waals surface area (Å²) in [6, 6.07) is 7.62. The molecule has 1 heterocycles. The molecule has 5 heteroatoms. The third kappa shape index (κ3) is 4.91. The Morgan fingerprint density at radius 2 is 1.78 bits per heavy atom. The van der Waals surface area contributed by atoms with Crippen LogP contribution < -0.4 is 5.32 Å². The van der Waals surface area contributed by atoms with E-state index in [4.69, 9.17) is 0 Å². The molecule has 2 rings (SSSR count). The summed E-state index contributed by atoms with van der Waals surface area (Å²) in [5.41, 5.74) is 1.66. The van der Waals surface area contributed by atoms with Crippen molar-refractivity contribution in [1.82, 2.24) is 10.2 Å². The van der Waals surface area contributed by atoms with Crippen LogP contribution in [0.15, 0.2) is 24.3 Å². The lowest BCUT2D eigenvalue weighted by Crippen LogP contribution is -2.46. The number of hydrogen-bond donors (Lipinski definition) is 1. The molecule has 0 spiro atoms. The number of hydrogen-bond acceptors (Lipinski definition) is 3. The summed E-state index contributed by atoms with van der Waals surface area (Å²) < 4.78 is 0. The molecule has 124 valence electrons. The standard InChI is InChI=1S/C18H24N2O3/c1-13-5-3-4-6-16(13)18(23)19-15-9-11-20(12-10-15)17(22)8-7-14(2)21/h3-6,15H,7-12H2,1-2H3,(H,19,23). The first-order valence-corrected chi connectivity index (χ1v) is 8.11. The Morgan fingerprint density at radius 1 is 1.13 bits per heavy atom. The van der Waals surface area contributed by atoms with E-state index in [1.807, 2.05) is 31.2 Å². The number of carbonyl (C=O) groups is 3. The Balaban J connectivity index is 1.81. The van der Waals surface area contributed by atoms with Gasteiger partial charge in [-0.15, -0.1) is 0 Å². The molecule has 1 aliphatic rings. The molecule has 1 saturated heterocycles.